The molecule has 4 saturated heterocycles. The molecular weight excluding hydrogens is 783 g/mol. The molecule has 350 valence electrons. The number of nitrogens with one attached hydrogen (secondary N) is 1. The smallest absolute Gasteiger partial charge is 0.407 e. The first-order valence-electron chi connectivity index (χ1n) is 23.8. The van der Waals surface area contributed by atoms with Gasteiger partial charge in [-0.1, -0.05) is 75.3 Å². The van der Waals surface area contributed by atoms with Gasteiger partial charge in [0.2, 0.25) is 0 Å². The normalized spacial score (nSPS) is 41.8. The molecule has 0 aromatic carbocycles. The molecule has 5 heterocycles. The van der Waals surface area contributed by atoms with Crippen molar-refractivity contribution in [2.75, 3.05) is 6.61 Å². The predicted molar refractivity (Wildman–Crippen MR) is 231 cm³/mol. The van der Waals surface area contributed by atoms with Crippen LogP contribution in [0.4, 0.5) is 4.79 Å². The molecule has 0 radical (unpaired) electrons. The molecule has 0 aromatic rings. The van der Waals surface area contributed by atoms with Gasteiger partial charge in [-0.05, 0) is 102 Å². The van der Waals surface area contributed by atoms with Crippen molar-refractivity contribution < 1.29 is 58.1 Å². The Morgan fingerprint density at radius 3 is 2.16 bits per heavy atom. The van der Waals surface area contributed by atoms with E-state index in [9.17, 15) is 29.7 Å². The Morgan fingerprint density at radius 1 is 0.869 bits per heavy atom. The standard InChI is InChI=1S/C48H81NO12/c1-13-33(44(52)53)36-17-16-27(6)41(58-36)31(10)39(50)30(9)40(51)34(14-2)42-28(7)24-29(8)48(60-42)23-18-35(49-45(54)56-25-26(4)5)43(61-48)37-19-21-46(12,59-37)38-20-22-47(55,15-3)32(11)57-38/h18,23,26-39,41-43,50,55H,13-17,19-22,24-25H2,1-12H3,(H,49,54)(H,52,53)/t27-,28-,29+,30-,31-,32-,33+,34-,35+,36+,37?,38+,39+,41+,42-,43?,46-,47+,48-/m0/s1. The Morgan fingerprint density at radius 2 is 1.56 bits per heavy atom. The summed E-state index contributed by atoms with van der Waals surface area (Å²) < 4.78 is 39.7. The third-order valence-electron chi connectivity index (χ3n) is 15.5. The number of carbonyl (C=O) groups excluding carboxylic acids is 2. The van der Waals surface area contributed by atoms with E-state index in [1.165, 1.54) is 0 Å². The SMILES string of the molecule is CC[C@@H](C(=O)[C@@H](C)[C@@H](O)[C@H](C)[C@@H]1O[C@@H]([C@@H](CC)C(=O)O)CC[C@@H]1C)[C@H]1O[C@]2(C=C[C@@H](NC(=O)OCC(C)C)C(C3CC[C@@](C)([C@H]4CC[C@](O)(CC)[C@H](C)O4)O3)O2)[C@H](C)C[C@@H]1C. The van der Waals surface area contributed by atoms with Crippen molar-refractivity contribution in [3.8, 4) is 0 Å². The molecule has 61 heavy (non-hydrogen) atoms. The monoisotopic (exact) mass is 864 g/mol. The number of carbonyl (C=O) groups is 3. The highest BCUT2D eigenvalue weighted by molar-refractivity contribution is 5.84. The van der Waals surface area contributed by atoms with Gasteiger partial charge < -0.3 is 49.1 Å². The van der Waals surface area contributed by atoms with Crippen LogP contribution in [0.3, 0.4) is 0 Å². The Labute approximate surface area is 365 Å². The van der Waals surface area contributed by atoms with Crippen LogP contribution in [-0.4, -0.2) is 112 Å². The van der Waals surface area contributed by atoms with Crippen LogP contribution in [0.5, 0.6) is 0 Å². The fraction of sp³-hybridized carbons (Fsp3) is 0.896. The van der Waals surface area contributed by atoms with E-state index >= 15 is 0 Å². The summed E-state index contributed by atoms with van der Waals surface area (Å²) in [6.45, 7) is 24.0. The molecule has 5 aliphatic rings. The number of amides is 1. The Kier molecular flexibility index (Phi) is 16.7. The minimum absolute atomic E-state index is 0.00344. The van der Waals surface area contributed by atoms with E-state index in [0.29, 0.717) is 57.8 Å². The maximum atomic E-state index is 14.6. The van der Waals surface area contributed by atoms with E-state index in [2.05, 4.69) is 33.0 Å². The highest BCUT2D eigenvalue weighted by Gasteiger charge is 2.57. The van der Waals surface area contributed by atoms with Crippen LogP contribution >= 0.6 is 0 Å². The van der Waals surface area contributed by atoms with E-state index in [4.69, 9.17) is 28.4 Å². The van der Waals surface area contributed by atoms with Crippen molar-refractivity contribution in [2.24, 2.45) is 47.3 Å². The van der Waals surface area contributed by atoms with Crippen LogP contribution in [0.2, 0.25) is 0 Å². The first-order valence-corrected chi connectivity index (χ1v) is 23.8. The lowest BCUT2D eigenvalue weighted by Gasteiger charge is -2.52. The average molecular weight is 864 g/mol. The maximum absolute atomic E-state index is 14.6. The van der Waals surface area contributed by atoms with Crippen molar-refractivity contribution in [3.63, 3.8) is 0 Å². The Hall–Kier alpha value is -2.13. The van der Waals surface area contributed by atoms with E-state index < -0.39 is 89.3 Å². The van der Waals surface area contributed by atoms with E-state index in [1.54, 1.807) is 6.92 Å². The molecule has 0 bridgehead atoms. The summed E-state index contributed by atoms with van der Waals surface area (Å²) in [4.78, 5) is 39.8. The topological polar surface area (TPSA) is 179 Å². The maximum Gasteiger partial charge on any atom is 0.407 e. The quantitative estimate of drug-likeness (QED) is 0.112. The van der Waals surface area contributed by atoms with Crippen LogP contribution < -0.4 is 5.32 Å². The number of ether oxygens (including phenoxy) is 6. The van der Waals surface area contributed by atoms with Gasteiger partial charge in [-0.25, -0.2) is 4.79 Å². The van der Waals surface area contributed by atoms with Gasteiger partial charge in [-0.15, -0.1) is 0 Å². The molecule has 4 fully saturated rings. The zero-order valence-corrected chi connectivity index (χ0v) is 39.3. The van der Waals surface area contributed by atoms with Crippen LogP contribution in [0.15, 0.2) is 12.2 Å². The second-order valence-electron chi connectivity index (χ2n) is 20.4. The number of hydrogen-bond acceptors (Lipinski definition) is 11. The number of aliphatic hydroxyl groups is 2. The molecule has 0 aliphatic carbocycles. The largest absolute Gasteiger partial charge is 0.481 e. The highest BCUT2D eigenvalue weighted by Crippen LogP contribution is 2.49. The molecule has 0 saturated carbocycles. The number of alkyl carbamates (subject to hydrolysis) is 1. The second kappa shape index (κ2) is 20.4. The molecule has 4 N–H and O–H groups in total. The lowest BCUT2D eigenvalue weighted by atomic mass is 9.72. The number of carboxylic acid groups (broad SMARTS) is 1. The molecule has 13 nitrogen and oxygen atoms in total. The first kappa shape index (κ1) is 49.9. The Balaban J connectivity index is 1.36. The minimum atomic E-state index is -1.22. The van der Waals surface area contributed by atoms with Crippen molar-refractivity contribution >= 4 is 17.8 Å². The van der Waals surface area contributed by atoms with Gasteiger partial charge in [-0.3, -0.25) is 9.59 Å². The van der Waals surface area contributed by atoms with Gasteiger partial charge >= 0.3 is 12.1 Å². The predicted octanol–water partition coefficient (Wildman–Crippen LogP) is 7.62. The summed E-state index contributed by atoms with van der Waals surface area (Å²) in [6.07, 6.45) is 5.58. The van der Waals surface area contributed by atoms with Gasteiger partial charge in [0.05, 0.1) is 72.5 Å². The number of ketones is 1. The number of carboxylic acids is 1. The molecule has 13 heteroatoms. The number of hydrogen-bond donors (Lipinski definition) is 4. The first-order chi connectivity index (χ1) is 28.6. The van der Waals surface area contributed by atoms with Crippen LogP contribution in [0.25, 0.3) is 0 Å². The molecule has 1 amide bonds. The van der Waals surface area contributed by atoms with Crippen molar-refractivity contribution in [1.82, 2.24) is 5.32 Å². The summed E-state index contributed by atoms with van der Waals surface area (Å²) in [6, 6.07) is -0.588. The molecule has 1 spiro atoms. The summed E-state index contributed by atoms with van der Waals surface area (Å²) in [5, 5.41) is 35.8. The third-order valence-corrected chi connectivity index (χ3v) is 15.5. The molecule has 19 atom stereocenters. The highest BCUT2D eigenvalue weighted by atomic mass is 16.7. The van der Waals surface area contributed by atoms with E-state index in [-0.39, 0.29) is 54.4 Å². The molecule has 2 unspecified atom stereocenters. The number of aliphatic hydroxyl groups excluding tert-OH is 1. The second-order valence-corrected chi connectivity index (χ2v) is 20.4. The zero-order valence-electron chi connectivity index (χ0n) is 39.3. The van der Waals surface area contributed by atoms with Crippen molar-refractivity contribution in [3.05, 3.63) is 12.2 Å². The van der Waals surface area contributed by atoms with Gasteiger partial charge in [0.1, 0.15) is 11.9 Å². The molecule has 5 aliphatic heterocycles. The Bertz CT molecular complexity index is 1520. The minimum Gasteiger partial charge on any atom is -0.481 e. The lowest BCUT2D eigenvalue weighted by molar-refractivity contribution is -0.327. The zero-order chi connectivity index (χ0) is 45.2. The van der Waals surface area contributed by atoms with Crippen LogP contribution in [0.1, 0.15) is 147 Å². The van der Waals surface area contributed by atoms with Crippen LogP contribution in [0, 0.1) is 47.3 Å². The van der Waals surface area contributed by atoms with Gasteiger partial charge in [0.25, 0.3) is 0 Å². The summed E-state index contributed by atoms with van der Waals surface area (Å²) in [5.74, 6) is -4.34. The summed E-state index contributed by atoms with van der Waals surface area (Å²) >= 11 is 0. The number of aliphatic carboxylic acids is 1. The molecular formula is C48H81NO12. The van der Waals surface area contributed by atoms with Crippen molar-refractivity contribution in [1.29, 1.82) is 0 Å². The van der Waals surface area contributed by atoms with E-state index in [1.807, 2.05) is 60.6 Å². The lowest BCUT2D eigenvalue weighted by Crippen LogP contribution is -2.62. The fourth-order valence-electron chi connectivity index (χ4n) is 11.2. The number of rotatable bonds is 16. The van der Waals surface area contributed by atoms with Gasteiger partial charge in [0, 0.05) is 23.7 Å². The molecule has 0 aromatic heterocycles. The van der Waals surface area contributed by atoms with E-state index in [0.717, 1.165) is 6.42 Å². The third kappa shape index (κ3) is 10.7. The summed E-state index contributed by atoms with van der Waals surface area (Å²) in [7, 11) is 0. The average Bonchev–Trinajstić information content (AvgIpc) is 3.63. The fourth-order valence-corrected chi connectivity index (χ4v) is 11.2. The van der Waals surface area contributed by atoms with Crippen LogP contribution in [-0.2, 0) is 38.0 Å². The van der Waals surface area contributed by atoms with Crippen molar-refractivity contribution in [2.45, 2.75) is 219 Å². The number of Topliss-reactive ketones (excluding diaryl/α,β-unsaturated/α-hetero) is 1. The van der Waals surface area contributed by atoms with Gasteiger partial charge in [0.15, 0.2) is 5.79 Å². The van der Waals surface area contributed by atoms with Gasteiger partial charge in [-0.2, -0.15) is 0 Å². The molecule has 5 rings (SSSR count). The summed E-state index contributed by atoms with van der Waals surface area (Å²) in [5.41, 5.74) is -1.52.